The van der Waals surface area contributed by atoms with E-state index in [1.807, 2.05) is 19.1 Å². The van der Waals surface area contributed by atoms with Gasteiger partial charge in [-0.3, -0.25) is 4.79 Å². The van der Waals surface area contributed by atoms with Gasteiger partial charge in [0, 0.05) is 6.07 Å². The van der Waals surface area contributed by atoms with Crippen LogP contribution in [0.25, 0.3) is 5.69 Å². The zero-order chi connectivity index (χ0) is 13.5. The minimum atomic E-state index is -0.0651. The lowest BCUT2D eigenvalue weighted by atomic mass is 9.98. The maximum atomic E-state index is 12.0. The zero-order valence-electron chi connectivity index (χ0n) is 11.4. The molecule has 3 nitrogen and oxygen atoms in total. The van der Waals surface area contributed by atoms with Crippen molar-refractivity contribution < 1.29 is 0 Å². The minimum absolute atomic E-state index is 0.0651. The number of nitrogens with zero attached hydrogens (tertiary/aromatic N) is 2. The third-order valence-electron chi connectivity index (χ3n) is 4.07. The highest BCUT2D eigenvalue weighted by atomic mass is 16.1. The molecule has 19 heavy (non-hydrogen) atoms. The van der Waals surface area contributed by atoms with Crippen LogP contribution in [0.1, 0.15) is 37.8 Å². The molecular formula is C16H18N2O. The SMILES string of the molecule is CCc1cnn(-c2ccc(C3(C)CC3)cc2)c(=O)c1. The fourth-order valence-electron chi connectivity index (χ4n) is 2.31. The normalized spacial score (nSPS) is 16.3. The Morgan fingerprint density at radius 2 is 1.95 bits per heavy atom. The lowest BCUT2D eigenvalue weighted by Crippen LogP contribution is -2.20. The molecule has 1 fully saturated rings. The third kappa shape index (κ3) is 2.21. The van der Waals surface area contributed by atoms with Crippen LogP contribution in [0.4, 0.5) is 0 Å². The van der Waals surface area contributed by atoms with Crippen molar-refractivity contribution in [2.45, 2.75) is 38.5 Å². The second-order valence-electron chi connectivity index (χ2n) is 5.57. The number of hydrogen-bond donors (Lipinski definition) is 0. The number of aromatic nitrogens is 2. The van der Waals surface area contributed by atoms with E-state index in [1.165, 1.54) is 23.1 Å². The summed E-state index contributed by atoms with van der Waals surface area (Å²) in [5.74, 6) is 0. The summed E-state index contributed by atoms with van der Waals surface area (Å²) in [7, 11) is 0. The Balaban J connectivity index is 1.96. The summed E-state index contributed by atoms with van der Waals surface area (Å²) in [5, 5.41) is 4.23. The van der Waals surface area contributed by atoms with Crippen molar-refractivity contribution in [3.8, 4) is 5.69 Å². The van der Waals surface area contributed by atoms with Crippen LogP contribution in [0, 0.1) is 0 Å². The number of benzene rings is 1. The van der Waals surface area contributed by atoms with Gasteiger partial charge in [0.05, 0.1) is 11.9 Å². The molecule has 1 aliphatic carbocycles. The lowest BCUT2D eigenvalue weighted by Gasteiger charge is -2.10. The first kappa shape index (κ1) is 12.2. The molecule has 1 aromatic heterocycles. The highest BCUT2D eigenvalue weighted by Gasteiger charge is 2.38. The molecule has 0 N–H and O–H groups in total. The summed E-state index contributed by atoms with van der Waals surface area (Å²) >= 11 is 0. The predicted molar refractivity (Wildman–Crippen MR) is 75.8 cm³/mol. The van der Waals surface area contributed by atoms with Crippen LogP contribution in [-0.4, -0.2) is 9.78 Å². The summed E-state index contributed by atoms with van der Waals surface area (Å²) in [6.07, 6.45) is 5.11. The second kappa shape index (κ2) is 4.34. The monoisotopic (exact) mass is 254 g/mol. The highest BCUT2D eigenvalue weighted by Crippen LogP contribution is 2.47. The van der Waals surface area contributed by atoms with Gasteiger partial charge in [0.25, 0.3) is 5.56 Å². The Morgan fingerprint density at radius 1 is 1.26 bits per heavy atom. The van der Waals surface area contributed by atoms with Gasteiger partial charge in [0.1, 0.15) is 0 Å². The van der Waals surface area contributed by atoms with Gasteiger partial charge in [-0.1, -0.05) is 26.0 Å². The van der Waals surface area contributed by atoms with E-state index in [0.29, 0.717) is 5.41 Å². The van der Waals surface area contributed by atoms with Crippen molar-refractivity contribution in [1.29, 1.82) is 0 Å². The first-order valence-electron chi connectivity index (χ1n) is 6.81. The molecule has 1 aromatic carbocycles. The molecule has 3 heteroatoms. The van der Waals surface area contributed by atoms with E-state index in [-0.39, 0.29) is 5.56 Å². The van der Waals surface area contributed by atoms with Crippen molar-refractivity contribution in [3.63, 3.8) is 0 Å². The Labute approximate surface area is 112 Å². The molecule has 0 bridgehead atoms. The van der Waals surface area contributed by atoms with Crippen LogP contribution in [-0.2, 0) is 11.8 Å². The fourth-order valence-corrected chi connectivity index (χ4v) is 2.31. The Bertz CT molecular complexity index is 651. The van der Waals surface area contributed by atoms with E-state index >= 15 is 0 Å². The van der Waals surface area contributed by atoms with Crippen LogP contribution in [0.15, 0.2) is 41.3 Å². The van der Waals surface area contributed by atoms with Crippen LogP contribution >= 0.6 is 0 Å². The quantitative estimate of drug-likeness (QED) is 0.844. The van der Waals surface area contributed by atoms with E-state index in [1.54, 1.807) is 12.3 Å². The molecule has 0 saturated heterocycles. The third-order valence-corrected chi connectivity index (χ3v) is 4.07. The van der Waals surface area contributed by atoms with Crippen molar-refractivity contribution in [1.82, 2.24) is 9.78 Å². The summed E-state index contributed by atoms with van der Waals surface area (Å²) in [5.41, 5.74) is 3.46. The standard InChI is InChI=1S/C16H18N2O/c1-3-12-10-15(19)18(17-11-12)14-6-4-13(5-7-14)16(2)8-9-16/h4-7,10-11H,3,8-9H2,1-2H3. The summed E-state index contributed by atoms with van der Waals surface area (Å²) < 4.78 is 1.46. The maximum absolute atomic E-state index is 12.0. The lowest BCUT2D eigenvalue weighted by molar-refractivity contribution is 0.775. The van der Waals surface area contributed by atoms with Gasteiger partial charge in [-0.2, -0.15) is 9.78 Å². The van der Waals surface area contributed by atoms with E-state index in [2.05, 4.69) is 24.2 Å². The molecule has 1 aliphatic rings. The molecule has 0 unspecified atom stereocenters. The van der Waals surface area contributed by atoms with Crippen molar-refractivity contribution in [2.24, 2.45) is 0 Å². The van der Waals surface area contributed by atoms with E-state index in [9.17, 15) is 4.79 Å². The van der Waals surface area contributed by atoms with E-state index in [0.717, 1.165) is 17.7 Å². The van der Waals surface area contributed by atoms with E-state index < -0.39 is 0 Å². The molecule has 0 atom stereocenters. The topological polar surface area (TPSA) is 34.9 Å². The Morgan fingerprint density at radius 3 is 2.47 bits per heavy atom. The van der Waals surface area contributed by atoms with Gasteiger partial charge in [0.2, 0.25) is 0 Å². The molecule has 1 saturated carbocycles. The van der Waals surface area contributed by atoms with E-state index in [4.69, 9.17) is 0 Å². The summed E-state index contributed by atoms with van der Waals surface area (Å²) in [6.45, 7) is 4.30. The van der Waals surface area contributed by atoms with Gasteiger partial charge in [-0.25, -0.2) is 0 Å². The smallest absolute Gasteiger partial charge is 0.267 e. The first-order valence-corrected chi connectivity index (χ1v) is 6.81. The van der Waals surface area contributed by atoms with Crippen LogP contribution in [0.5, 0.6) is 0 Å². The van der Waals surface area contributed by atoms with Crippen LogP contribution < -0.4 is 5.56 Å². The molecule has 2 aromatic rings. The van der Waals surface area contributed by atoms with Gasteiger partial charge < -0.3 is 0 Å². The molecule has 0 radical (unpaired) electrons. The van der Waals surface area contributed by atoms with Gasteiger partial charge in [0.15, 0.2) is 0 Å². The van der Waals surface area contributed by atoms with Crippen LogP contribution in [0.2, 0.25) is 0 Å². The number of rotatable bonds is 3. The van der Waals surface area contributed by atoms with Gasteiger partial charge >= 0.3 is 0 Å². The van der Waals surface area contributed by atoms with Crippen molar-refractivity contribution >= 4 is 0 Å². The first-order chi connectivity index (χ1) is 9.12. The summed E-state index contributed by atoms with van der Waals surface area (Å²) in [6, 6.07) is 9.86. The fraction of sp³-hybridized carbons (Fsp3) is 0.375. The molecule has 0 amide bonds. The number of hydrogen-bond acceptors (Lipinski definition) is 2. The molecule has 0 spiro atoms. The zero-order valence-corrected chi connectivity index (χ0v) is 11.4. The molecule has 0 aliphatic heterocycles. The molecule has 3 rings (SSSR count). The van der Waals surface area contributed by atoms with Gasteiger partial charge in [-0.05, 0) is 47.9 Å². The van der Waals surface area contributed by atoms with Gasteiger partial charge in [-0.15, -0.1) is 0 Å². The molecule has 98 valence electrons. The Kier molecular flexibility index (Phi) is 2.77. The van der Waals surface area contributed by atoms with Crippen molar-refractivity contribution in [3.05, 3.63) is 58.0 Å². The molecule has 1 heterocycles. The maximum Gasteiger partial charge on any atom is 0.271 e. The molecular weight excluding hydrogens is 236 g/mol. The predicted octanol–water partition coefficient (Wildman–Crippen LogP) is 2.85. The Hall–Kier alpha value is -1.90. The average Bonchev–Trinajstić information content (AvgIpc) is 3.18. The number of aryl methyl sites for hydroxylation is 1. The van der Waals surface area contributed by atoms with Crippen molar-refractivity contribution in [2.75, 3.05) is 0 Å². The minimum Gasteiger partial charge on any atom is -0.267 e. The largest absolute Gasteiger partial charge is 0.271 e. The second-order valence-corrected chi connectivity index (χ2v) is 5.57. The summed E-state index contributed by atoms with van der Waals surface area (Å²) in [4.78, 5) is 12.0. The highest BCUT2D eigenvalue weighted by molar-refractivity contribution is 5.39. The van der Waals surface area contributed by atoms with Crippen LogP contribution in [0.3, 0.4) is 0 Å². The average molecular weight is 254 g/mol.